The summed E-state index contributed by atoms with van der Waals surface area (Å²) in [6.07, 6.45) is 3.95. The molecule has 18 heavy (non-hydrogen) atoms. The van der Waals surface area contributed by atoms with E-state index in [1.54, 1.807) is 0 Å². The zero-order valence-corrected chi connectivity index (χ0v) is 11.9. The van der Waals surface area contributed by atoms with Crippen LogP contribution in [-0.2, 0) is 4.79 Å². The SMILES string of the molecule is CCSCCC1CC(c2ccccc2)CCC1=O. The monoisotopic (exact) mass is 262 g/mol. The van der Waals surface area contributed by atoms with Gasteiger partial charge in [0.25, 0.3) is 0 Å². The van der Waals surface area contributed by atoms with Gasteiger partial charge in [0.1, 0.15) is 5.78 Å². The van der Waals surface area contributed by atoms with Gasteiger partial charge in [-0.05, 0) is 42.2 Å². The number of Topliss-reactive ketones (excluding diaryl/α,β-unsaturated/α-hetero) is 1. The van der Waals surface area contributed by atoms with Gasteiger partial charge in [-0.3, -0.25) is 4.79 Å². The first-order valence-electron chi connectivity index (χ1n) is 6.96. The number of hydrogen-bond acceptors (Lipinski definition) is 2. The number of rotatable bonds is 5. The molecule has 0 saturated heterocycles. The molecule has 1 saturated carbocycles. The Morgan fingerprint density at radius 1 is 1.28 bits per heavy atom. The summed E-state index contributed by atoms with van der Waals surface area (Å²) in [6.45, 7) is 2.18. The third kappa shape index (κ3) is 3.61. The first kappa shape index (κ1) is 13.7. The van der Waals surface area contributed by atoms with Crippen molar-refractivity contribution in [2.75, 3.05) is 11.5 Å². The quantitative estimate of drug-likeness (QED) is 0.737. The topological polar surface area (TPSA) is 17.1 Å². The molecule has 2 unspecified atom stereocenters. The predicted molar refractivity (Wildman–Crippen MR) is 79.1 cm³/mol. The lowest BCUT2D eigenvalue weighted by Crippen LogP contribution is -2.24. The maximum Gasteiger partial charge on any atom is 0.136 e. The highest BCUT2D eigenvalue weighted by atomic mass is 32.2. The van der Waals surface area contributed by atoms with E-state index in [2.05, 4.69) is 37.3 Å². The van der Waals surface area contributed by atoms with Gasteiger partial charge in [-0.15, -0.1) is 0 Å². The summed E-state index contributed by atoms with van der Waals surface area (Å²) in [5.74, 6) is 3.69. The molecule has 1 aliphatic carbocycles. The van der Waals surface area contributed by atoms with Gasteiger partial charge in [-0.1, -0.05) is 37.3 Å². The van der Waals surface area contributed by atoms with E-state index in [0.29, 0.717) is 17.6 Å². The zero-order chi connectivity index (χ0) is 12.8. The third-order valence-corrected chi connectivity index (χ3v) is 4.78. The molecule has 0 spiro atoms. The molecule has 0 amide bonds. The van der Waals surface area contributed by atoms with Crippen LogP contribution in [0.1, 0.15) is 44.1 Å². The third-order valence-electron chi connectivity index (χ3n) is 3.85. The Hall–Kier alpha value is -0.760. The van der Waals surface area contributed by atoms with Gasteiger partial charge < -0.3 is 0 Å². The van der Waals surface area contributed by atoms with Crippen molar-refractivity contribution < 1.29 is 4.79 Å². The Bertz CT molecular complexity index is 374. The molecule has 2 rings (SSSR count). The Kier molecular flexibility index (Phi) is 5.30. The van der Waals surface area contributed by atoms with Crippen molar-refractivity contribution in [1.29, 1.82) is 0 Å². The van der Waals surface area contributed by atoms with Crippen LogP contribution in [0.2, 0.25) is 0 Å². The first-order valence-corrected chi connectivity index (χ1v) is 8.12. The van der Waals surface area contributed by atoms with Crippen molar-refractivity contribution >= 4 is 17.5 Å². The number of thioether (sulfide) groups is 1. The van der Waals surface area contributed by atoms with Gasteiger partial charge in [0.15, 0.2) is 0 Å². The van der Waals surface area contributed by atoms with Crippen molar-refractivity contribution in [3.63, 3.8) is 0 Å². The fourth-order valence-electron chi connectivity index (χ4n) is 2.79. The summed E-state index contributed by atoms with van der Waals surface area (Å²) < 4.78 is 0. The Morgan fingerprint density at radius 2 is 2.06 bits per heavy atom. The molecule has 2 heteroatoms. The highest BCUT2D eigenvalue weighted by molar-refractivity contribution is 7.99. The largest absolute Gasteiger partial charge is 0.299 e. The van der Waals surface area contributed by atoms with Crippen LogP contribution in [0.25, 0.3) is 0 Å². The number of hydrogen-bond donors (Lipinski definition) is 0. The summed E-state index contributed by atoms with van der Waals surface area (Å²) in [5, 5.41) is 0. The van der Waals surface area contributed by atoms with Crippen LogP contribution in [0, 0.1) is 5.92 Å². The Balaban J connectivity index is 1.94. The molecule has 1 aromatic carbocycles. The first-order chi connectivity index (χ1) is 8.81. The molecule has 1 aromatic rings. The molecule has 1 nitrogen and oxygen atoms in total. The summed E-state index contributed by atoms with van der Waals surface area (Å²) >= 11 is 1.95. The highest BCUT2D eigenvalue weighted by Gasteiger charge is 2.28. The fraction of sp³-hybridized carbons (Fsp3) is 0.562. The maximum absolute atomic E-state index is 12.0. The summed E-state index contributed by atoms with van der Waals surface area (Å²) in [6, 6.07) is 10.7. The van der Waals surface area contributed by atoms with Crippen LogP contribution < -0.4 is 0 Å². The standard InChI is InChI=1S/C16H22OS/c1-2-18-11-10-15-12-14(8-9-16(15)17)13-6-4-3-5-7-13/h3-7,14-15H,2,8-12H2,1H3. The lowest BCUT2D eigenvalue weighted by molar-refractivity contribution is -0.124. The highest BCUT2D eigenvalue weighted by Crippen LogP contribution is 2.36. The van der Waals surface area contributed by atoms with Crippen LogP contribution in [0.5, 0.6) is 0 Å². The molecule has 0 aromatic heterocycles. The van der Waals surface area contributed by atoms with E-state index < -0.39 is 0 Å². The summed E-state index contributed by atoms with van der Waals surface area (Å²) in [7, 11) is 0. The molecule has 98 valence electrons. The fourth-order valence-corrected chi connectivity index (χ4v) is 3.53. The maximum atomic E-state index is 12.0. The summed E-state index contributed by atoms with van der Waals surface area (Å²) in [4.78, 5) is 12.0. The molecule has 0 bridgehead atoms. The van der Waals surface area contributed by atoms with Crippen molar-refractivity contribution in [1.82, 2.24) is 0 Å². The van der Waals surface area contributed by atoms with Crippen LogP contribution in [0.4, 0.5) is 0 Å². The predicted octanol–water partition coefficient (Wildman–Crippen LogP) is 4.28. The van der Waals surface area contributed by atoms with E-state index in [-0.39, 0.29) is 0 Å². The van der Waals surface area contributed by atoms with E-state index in [0.717, 1.165) is 37.2 Å². The Labute approximate surface area is 114 Å². The number of carbonyl (C=O) groups is 1. The van der Waals surface area contributed by atoms with Crippen LogP contribution in [0.3, 0.4) is 0 Å². The summed E-state index contributed by atoms with van der Waals surface area (Å²) in [5.41, 5.74) is 1.41. The van der Waals surface area contributed by atoms with Gasteiger partial charge in [-0.2, -0.15) is 11.8 Å². The second-order valence-corrected chi connectivity index (χ2v) is 6.42. The van der Waals surface area contributed by atoms with E-state index in [9.17, 15) is 4.79 Å². The van der Waals surface area contributed by atoms with E-state index in [4.69, 9.17) is 0 Å². The molecular weight excluding hydrogens is 240 g/mol. The molecule has 2 atom stereocenters. The molecule has 1 aliphatic rings. The average Bonchev–Trinajstić information content (AvgIpc) is 2.42. The van der Waals surface area contributed by atoms with Gasteiger partial charge in [0.05, 0.1) is 0 Å². The van der Waals surface area contributed by atoms with Gasteiger partial charge in [0, 0.05) is 12.3 Å². The molecule has 0 N–H and O–H groups in total. The minimum atomic E-state index is 0.308. The molecule has 1 fully saturated rings. The van der Waals surface area contributed by atoms with Crippen LogP contribution in [-0.4, -0.2) is 17.3 Å². The molecular formula is C16H22OS. The van der Waals surface area contributed by atoms with Gasteiger partial charge in [-0.25, -0.2) is 0 Å². The van der Waals surface area contributed by atoms with Crippen LogP contribution in [0.15, 0.2) is 30.3 Å². The lowest BCUT2D eigenvalue weighted by atomic mass is 9.76. The second kappa shape index (κ2) is 6.98. The smallest absolute Gasteiger partial charge is 0.136 e. The lowest BCUT2D eigenvalue weighted by Gasteiger charge is -2.28. The van der Waals surface area contributed by atoms with Crippen molar-refractivity contribution in [3.05, 3.63) is 35.9 Å². The molecule has 0 heterocycles. The van der Waals surface area contributed by atoms with Crippen molar-refractivity contribution in [2.24, 2.45) is 5.92 Å². The zero-order valence-electron chi connectivity index (χ0n) is 11.1. The second-order valence-electron chi connectivity index (χ2n) is 5.03. The Morgan fingerprint density at radius 3 is 2.78 bits per heavy atom. The van der Waals surface area contributed by atoms with E-state index >= 15 is 0 Å². The van der Waals surface area contributed by atoms with E-state index in [1.807, 2.05) is 11.8 Å². The van der Waals surface area contributed by atoms with Crippen molar-refractivity contribution in [3.8, 4) is 0 Å². The van der Waals surface area contributed by atoms with Gasteiger partial charge >= 0.3 is 0 Å². The van der Waals surface area contributed by atoms with Crippen molar-refractivity contribution in [2.45, 2.75) is 38.5 Å². The molecule has 0 aliphatic heterocycles. The number of ketones is 1. The average molecular weight is 262 g/mol. The van der Waals surface area contributed by atoms with Gasteiger partial charge in [0.2, 0.25) is 0 Å². The minimum absolute atomic E-state index is 0.308. The number of benzene rings is 1. The van der Waals surface area contributed by atoms with Crippen LogP contribution >= 0.6 is 11.8 Å². The number of carbonyl (C=O) groups excluding carboxylic acids is 1. The van der Waals surface area contributed by atoms with E-state index in [1.165, 1.54) is 5.56 Å². The normalized spacial score (nSPS) is 24.2. The minimum Gasteiger partial charge on any atom is -0.299 e. The molecule has 0 radical (unpaired) electrons.